The third kappa shape index (κ3) is 7.21. The van der Waals surface area contributed by atoms with Crippen molar-refractivity contribution in [3.8, 4) is 0 Å². The van der Waals surface area contributed by atoms with E-state index in [9.17, 15) is 9.59 Å². The van der Waals surface area contributed by atoms with Gasteiger partial charge in [-0.3, -0.25) is 14.4 Å². The first kappa shape index (κ1) is 30.4. The van der Waals surface area contributed by atoms with Crippen molar-refractivity contribution < 1.29 is 9.53 Å². The number of piperidine rings is 1. The monoisotopic (exact) mass is 598 g/mol. The smallest absolute Gasteiger partial charge is 0.408 e. The molecule has 2 heterocycles. The number of ether oxygens (including phenoxy) is 1. The van der Waals surface area contributed by atoms with E-state index in [0.717, 1.165) is 5.56 Å². The maximum Gasteiger partial charge on any atom is 0.408 e. The number of aromatic nitrogens is 2. The van der Waals surface area contributed by atoms with Crippen molar-refractivity contribution in [3.05, 3.63) is 85.6 Å². The zero-order chi connectivity index (χ0) is 29.9. The van der Waals surface area contributed by atoms with Gasteiger partial charge in [0.1, 0.15) is 17.0 Å². The summed E-state index contributed by atoms with van der Waals surface area (Å²) >= 11 is 12.9. The average molecular weight is 600 g/mol. The number of alkyl carbamates (subject to hydrolysis) is 1. The first-order valence-corrected chi connectivity index (χ1v) is 14.2. The second-order valence-corrected chi connectivity index (χ2v) is 12.2. The lowest BCUT2D eigenvalue weighted by molar-refractivity contribution is 0.0448. The second kappa shape index (κ2) is 12.1. The van der Waals surface area contributed by atoms with Crippen LogP contribution >= 0.6 is 23.2 Å². The van der Waals surface area contributed by atoms with E-state index in [1.54, 1.807) is 25.2 Å². The van der Waals surface area contributed by atoms with E-state index in [0.29, 0.717) is 54.7 Å². The van der Waals surface area contributed by atoms with Crippen LogP contribution in [0.4, 0.5) is 16.6 Å². The molecule has 1 fully saturated rings. The fraction of sp³-hybridized carbons (Fsp3) is 0.400. The van der Waals surface area contributed by atoms with Gasteiger partial charge in [0.2, 0.25) is 5.95 Å². The molecule has 0 radical (unpaired) electrons. The number of nitrogens with two attached hydrogens (primary N) is 1. The quantitative estimate of drug-likeness (QED) is 0.357. The molecule has 41 heavy (non-hydrogen) atoms. The van der Waals surface area contributed by atoms with Crippen molar-refractivity contribution in [2.75, 3.05) is 23.7 Å². The number of hydrogen-bond donors (Lipinski definition) is 2. The highest BCUT2D eigenvalue weighted by molar-refractivity contribution is 6.44. The fourth-order valence-electron chi connectivity index (χ4n) is 4.73. The molecule has 0 atom stereocenters. The van der Waals surface area contributed by atoms with Gasteiger partial charge in [-0.2, -0.15) is 4.98 Å². The lowest BCUT2D eigenvalue weighted by Crippen LogP contribution is -2.55. The molecular formula is C30H36Cl2N6O3. The van der Waals surface area contributed by atoms with Gasteiger partial charge in [0, 0.05) is 31.2 Å². The van der Waals surface area contributed by atoms with Crippen LogP contribution in [0.2, 0.25) is 10.0 Å². The Morgan fingerprint density at radius 1 is 1.12 bits per heavy atom. The van der Waals surface area contributed by atoms with Crippen LogP contribution in [0, 0.1) is 0 Å². The minimum Gasteiger partial charge on any atom is -0.444 e. The van der Waals surface area contributed by atoms with Crippen LogP contribution in [0.1, 0.15) is 57.2 Å². The number of benzene rings is 2. The molecular weight excluding hydrogens is 563 g/mol. The third-order valence-corrected chi connectivity index (χ3v) is 7.77. The third-order valence-electron chi connectivity index (χ3n) is 6.95. The minimum absolute atomic E-state index is 0.0474. The molecule has 1 aliphatic rings. The SMILES string of the molecule is Cn1c(N2CCC(C)(NC(=O)OC(C)(C)C)CC2)nc(N)c(C(=NCc2ccccc2)c2cccc(Cl)c2Cl)c1=O. The summed E-state index contributed by atoms with van der Waals surface area (Å²) < 4.78 is 6.92. The summed E-state index contributed by atoms with van der Waals surface area (Å²) in [5, 5.41) is 3.62. The van der Waals surface area contributed by atoms with E-state index in [4.69, 9.17) is 38.7 Å². The van der Waals surface area contributed by atoms with Gasteiger partial charge in [0.05, 0.1) is 22.3 Å². The first-order valence-electron chi connectivity index (χ1n) is 13.4. The fourth-order valence-corrected chi connectivity index (χ4v) is 5.12. The van der Waals surface area contributed by atoms with Gasteiger partial charge in [-0.15, -0.1) is 0 Å². The number of nitrogens with one attached hydrogen (secondary N) is 1. The van der Waals surface area contributed by atoms with Gasteiger partial charge in [0.25, 0.3) is 5.56 Å². The zero-order valence-corrected chi connectivity index (χ0v) is 25.5. The number of anilines is 2. The number of halogens is 2. The molecule has 3 aromatic rings. The van der Waals surface area contributed by atoms with E-state index in [1.165, 1.54) is 4.57 Å². The predicted octanol–water partition coefficient (Wildman–Crippen LogP) is 5.59. The molecule has 4 rings (SSSR count). The Balaban J connectivity index is 1.65. The molecule has 1 saturated heterocycles. The normalized spacial score (nSPS) is 15.5. The van der Waals surface area contributed by atoms with E-state index >= 15 is 0 Å². The highest BCUT2D eigenvalue weighted by atomic mass is 35.5. The number of nitrogens with zero attached hydrogens (tertiary/aromatic N) is 4. The number of carbonyl (C=O) groups excluding carboxylic acids is 1. The summed E-state index contributed by atoms with van der Waals surface area (Å²) in [5.74, 6) is 0.487. The molecule has 2 aromatic carbocycles. The molecule has 3 N–H and O–H groups in total. The number of carbonyl (C=O) groups is 1. The Morgan fingerprint density at radius 2 is 1.78 bits per heavy atom. The largest absolute Gasteiger partial charge is 0.444 e. The van der Waals surface area contributed by atoms with Gasteiger partial charge in [-0.1, -0.05) is 65.7 Å². The molecule has 0 spiro atoms. The number of aliphatic imine (C=N–C) groups is 1. The van der Waals surface area contributed by atoms with E-state index in [-0.39, 0.29) is 22.0 Å². The number of amides is 1. The minimum atomic E-state index is -0.582. The van der Waals surface area contributed by atoms with Crippen molar-refractivity contribution in [2.45, 2.75) is 58.2 Å². The van der Waals surface area contributed by atoms with Crippen molar-refractivity contribution in [1.29, 1.82) is 0 Å². The maximum absolute atomic E-state index is 13.9. The molecule has 1 amide bonds. The first-order chi connectivity index (χ1) is 19.3. The van der Waals surface area contributed by atoms with E-state index in [2.05, 4.69) is 10.3 Å². The Morgan fingerprint density at radius 3 is 2.41 bits per heavy atom. The molecule has 218 valence electrons. The van der Waals surface area contributed by atoms with E-state index < -0.39 is 17.2 Å². The molecule has 0 bridgehead atoms. The maximum atomic E-state index is 13.9. The summed E-state index contributed by atoms with van der Waals surface area (Å²) in [7, 11) is 1.66. The number of rotatable bonds is 6. The Bertz CT molecular complexity index is 1510. The van der Waals surface area contributed by atoms with Gasteiger partial charge in [0.15, 0.2) is 0 Å². The number of nitrogen functional groups attached to an aromatic ring is 1. The van der Waals surface area contributed by atoms with Crippen LogP contribution in [-0.4, -0.2) is 45.6 Å². The summed E-state index contributed by atoms with van der Waals surface area (Å²) in [6.07, 6.45) is 0.812. The standard InChI is InChI=1S/C30H36Cl2N6O3/c1-29(2,3)41-28(40)36-30(4)14-16-38(17-15-30)27-35-25(33)22(26(39)37(27)5)24(20-12-9-13-21(31)23(20)32)34-18-19-10-7-6-8-11-19/h6-13H,14-18,33H2,1-5H3,(H,36,40). The summed E-state index contributed by atoms with van der Waals surface area (Å²) in [5.41, 5.74) is 7.04. The van der Waals surface area contributed by atoms with E-state index in [1.807, 2.05) is 62.9 Å². The molecule has 1 aromatic heterocycles. The van der Waals surface area contributed by atoms with Crippen LogP contribution in [0.25, 0.3) is 0 Å². The van der Waals surface area contributed by atoms with Crippen molar-refractivity contribution in [2.24, 2.45) is 12.0 Å². The molecule has 11 heteroatoms. The second-order valence-electron chi connectivity index (χ2n) is 11.5. The van der Waals surface area contributed by atoms with Gasteiger partial charge in [-0.25, -0.2) is 4.79 Å². The van der Waals surface area contributed by atoms with Crippen LogP contribution in [0.15, 0.2) is 58.3 Å². The highest BCUT2D eigenvalue weighted by Gasteiger charge is 2.35. The molecule has 0 saturated carbocycles. The Kier molecular flexibility index (Phi) is 8.99. The van der Waals surface area contributed by atoms with Crippen LogP contribution < -0.4 is 21.5 Å². The van der Waals surface area contributed by atoms with Crippen molar-refractivity contribution in [1.82, 2.24) is 14.9 Å². The summed E-state index contributed by atoms with van der Waals surface area (Å²) in [4.78, 5) is 37.7. The lowest BCUT2D eigenvalue weighted by Gasteiger charge is -2.40. The molecule has 0 unspecified atom stereocenters. The van der Waals surface area contributed by atoms with Gasteiger partial charge in [-0.05, 0) is 52.2 Å². The van der Waals surface area contributed by atoms with Gasteiger partial charge < -0.3 is 20.7 Å². The average Bonchev–Trinajstić information content (AvgIpc) is 2.90. The highest BCUT2D eigenvalue weighted by Crippen LogP contribution is 2.30. The topological polar surface area (TPSA) is 115 Å². The molecule has 9 nitrogen and oxygen atoms in total. The van der Waals surface area contributed by atoms with Crippen LogP contribution in [0.3, 0.4) is 0 Å². The molecule has 0 aliphatic carbocycles. The van der Waals surface area contributed by atoms with Gasteiger partial charge >= 0.3 is 6.09 Å². The van der Waals surface area contributed by atoms with Crippen molar-refractivity contribution >= 4 is 46.8 Å². The Labute approximate surface area is 250 Å². The van der Waals surface area contributed by atoms with Crippen molar-refractivity contribution in [3.63, 3.8) is 0 Å². The van der Waals surface area contributed by atoms with Crippen LogP contribution in [-0.2, 0) is 18.3 Å². The predicted molar refractivity (Wildman–Crippen MR) is 165 cm³/mol. The Hall–Kier alpha value is -3.56. The summed E-state index contributed by atoms with van der Waals surface area (Å²) in [6.45, 7) is 8.89. The zero-order valence-electron chi connectivity index (χ0n) is 24.0. The van der Waals surface area contributed by atoms with Crippen LogP contribution in [0.5, 0.6) is 0 Å². The summed E-state index contributed by atoms with van der Waals surface area (Å²) in [6, 6.07) is 14.9. The molecule has 1 aliphatic heterocycles. The lowest BCUT2D eigenvalue weighted by atomic mass is 9.90. The number of hydrogen-bond acceptors (Lipinski definition) is 7.